The third-order valence-corrected chi connectivity index (χ3v) is 4.14. The monoisotopic (exact) mass is 329 g/mol. The first-order chi connectivity index (χ1) is 12.4. The maximum Gasteiger partial charge on any atom is 0.126 e. The molecule has 0 aliphatic carbocycles. The van der Waals surface area contributed by atoms with E-state index in [1.165, 1.54) is 11.1 Å². The van der Waals surface area contributed by atoms with Gasteiger partial charge >= 0.3 is 0 Å². The summed E-state index contributed by atoms with van der Waals surface area (Å²) in [5.74, 6) is 0.890. The molecule has 0 heterocycles. The van der Waals surface area contributed by atoms with Crippen molar-refractivity contribution < 1.29 is 4.74 Å². The standard InChI is InChI=1S/C23H23NO/c1-25-22-17-9-8-11-19(22)16-10-18-24-23(20-12-4-2-5-13-20)21-14-6-3-7-15-21/h2-17,23-24H,18H2,1H3/b16-10+. The van der Waals surface area contributed by atoms with E-state index in [0.717, 1.165) is 17.9 Å². The summed E-state index contributed by atoms with van der Waals surface area (Å²) in [6.07, 6.45) is 4.23. The van der Waals surface area contributed by atoms with Crippen molar-refractivity contribution in [2.24, 2.45) is 0 Å². The lowest BCUT2D eigenvalue weighted by molar-refractivity contribution is 0.414. The first-order valence-electron chi connectivity index (χ1n) is 8.51. The Bertz CT molecular complexity index is 757. The zero-order chi connectivity index (χ0) is 17.3. The van der Waals surface area contributed by atoms with Crippen LogP contribution in [0.3, 0.4) is 0 Å². The third-order valence-electron chi connectivity index (χ3n) is 4.14. The fraction of sp³-hybridized carbons (Fsp3) is 0.130. The summed E-state index contributed by atoms with van der Waals surface area (Å²) in [5, 5.41) is 3.63. The van der Waals surface area contributed by atoms with Gasteiger partial charge in [-0.05, 0) is 17.2 Å². The largest absolute Gasteiger partial charge is 0.496 e. The second-order valence-corrected chi connectivity index (χ2v) is 5.81. The highest BCUT2D eigenvalue weighted by atomic mass is 16.5. The molecule has 0 aliphatic rings. The molecule has 0 aliphatic heterocycles. The highest BCUT2D eigenvalue weighted by Gasteiger charge is 2.11. The van der Waals surface area contributed by atoms with Gasteiger partial charge in [0.25, 0.3) is 0 Å². The zero-order valence-electron chi connectivity index (χ0n) is 14.4. The minimum Gasteiger partial charge on any atom is -0.496 e. The molecule has 0 amide bonds. The van der Waals surface area contributed by atoms with Crippen LogP contribution in [0.2, 0.25) is 0 Å². The van der Waals surface area contributed by atoms with E-state index in [1.54, 1.807) is 7.11 Å². The van der Waals surface area contributed by atoms with Crippen LogP contribution in [0.4, 0.5) is 0 Å². The fourth-order valence-corrected chi connectivity index (χ4v) is 2.90. The fourth-order valence-electron chi connectivity index (χ4n) is 2.90. The first kappa shape index (κ1) is 17.0. The van der Waals surface area contributed by atoms with Crippen molar-refractivity contribution in [1.82, 2.24) is 5.32 Å². The molecule has 0 spiro atoms. The second kappa shape index (κ2) is 8.86. The quantitative estimate of drug-likeness (QED) is 0.652. The summed E-state index contributed by atoms with van der Waals surface area (Å²) in [5.41, 5.74) is 3.61. The molecular formula is C23H23NO. The molecule has 2 nitrogen and oxygen atoms in total. The minimum absolute atomic E-state index is 0.171. The molecule has 0 bridgehead atoms. The van der Waals surface area contributed by atoms with Crippen LogP contribution in [0.25, 0.3) is 6.08 Å². The number of methoxy groups -OCH3 is 1. The maximum absolute atomic E-state index is 5.39. The predicted molar refractivity (Wildman–Crippen MR) is 105 cm³/mol. The van der Waals surface area contributed by atoms with Gasteiger partial charge in [-0.1, -0.05) is 91.0 Å². The topological polar surface area (TPSA) is 21.3 Å². The number of hydrogen-bond donors (Lipinski definition) is 1. The first-order valence-corrected chi connectivity index (χ1v) is 8.51. The molecule has 3 aromatic carbocycles. The molecule has 2 heteroatoms. The van der Waals surface area contributed by atoms with Crippen LogP contribution in [0, 0.1) is 0 Å². The summed E-state index contributed by atoms with van der Waals surface area (Å²) >= 11 is 0. The van der Waals surface area contributed by atoms with Crippen LogP contribution < -0.4 is 10.1 Å². The van der Waals surface area contributed by atoms with Crippen LogP contribution in [0.15, 0.2) is 91.0 Å². The van der Waals surface area contributed by atoms with E-state index < -0.39 is 0 Å². The SMILES string of the molecule is COc1ccccc1/C=C/CNC(c1ccccc1)c1ccccc1. The van der Waals surface area contributed by atoms with E-state index in [2.05, 4.69) is 72.1 Å². The summed E-state index contributed by atoms with van der Waals surface area (Å²) in [7, 11) is 1.70. The number of rotatable bonds is 7. The van der Waals surface area contributed by atoms with Crippen LogP contribution in [0.5, 0.6) is 5.75 Å². The van der Waals surface area contributed by atoms with Crippen molar-refractivity contribution in [3.05, 3.63) is 108 Å². The van der Waals surface area contributed by atoms with Gasteiger partial charge in [-0.2, -0.15) is 0 Å². The highest BCUT2D eigenvalue weighted by Crippen LogP contribution is 2.22. The Kier molecular flexibility index (Phi) is 6.02. The lowest BCUT2D eigenvalue weighted by Crippen LogP contribution is -2.22. The number of benzene rings is 3. The average molecular weight is 329 g/mol. The van der Waals surface area contributed by atoms with Crippen molar-refractivity contribution in [1.29, 1.82) is 0 Å². The number of para-hydroxylation sites is 1. The van der Waals surface area contributed by atoms with Crippen molar-refractivity contribution in [3.63, 3.8) is 0 Å². The van der Waals surface area contributed by atoms with Crippen LogP contribution in [-0.2, 0) is 0 Å². The van der Waals surface area contributed by atoms with Gasteiger partial charge in [-0.15, -0.1) is 0 Å². The van der Waals surface area contributed by atoms with Gasteiger partial charge in [0.1, 0.15) is 5.75 Å². The Morgan fingerprint density at radius 1 is 0.800 bits per heavy atom. The Balaban J connectivity index is 1.72. The smallest absolute Gasteiger partial charge is 0.126 e. The number of hydrogen-bond acceptors (Lipinski definition) is 2. The van der Waals surface area contributed by atoms with Crippen molar-refractivity contribution in [2.75, 3.05) is 13.7 Å². The molecule has 0 fully saturated rings. The van der Waals surface area contributed by atoms with Crippen molar-refractivity contribution in [2.45, 2.75) is 6.04 Å². The van der Waals surface area contributed by atoms with Gasteiger partial charge in [-0.3, -0.25) is 0 Å². The summed E-state index contributed by atoms with van der Waals surface area (Å²) in [6.45, 7) is 0.770. The molecule has 25 heavy (non-hydrogen) atoms. The summed E-state index contributed by atoms with van der Waals surface area (Å²) in [4.78, 5) is 0. The van der Waals surface area contributed by atoms with Gasteiger partial charge in [0.15, 0.2) is 0 Å². The molecule has 0 radical (unpaired) electrons. The molecule has 0 saturated heterocycles. The molecule has 0 saturated carbocycles. The molecule has 0 atom stereocenters. The molecular weight excluding hydrogens is 306 g/mol. The van der Waals surface area contributed by atoms with Gasteiger partial charge in [0.05, 0.1) is 13.2 Å². The Morgan fingerprint density at radius 3 is 1.96 bits per heavy atom. The third kappa shape index (κ3) is 4.59. The van der Waals surface area contributed by atoms with Gasteiger partial charge in [-0.25, -0.2) is 0 Å². The molecule has 3 rings (SSSR count). The van der Waals surface area contributed by atoms with E-state index >= 15 is 0 Å². The van der Waals surface area contributed by atoms with E-state index in [1.807, 2.05) is 30.3 Å². The molecule has 0 unspecified atom stereocenters. The van der Waals surface area contributed by atoms with E-state index in [9.17, 15) is 0 Å². The van der Waals surface area contributed by atoms with Crippen molar-refractivity contribution in [3.8, 4) is 5.75 Å². The van der Waals surface area contributed by atoms with Gasteiger partial charge in [0.2, 0.25) is 0 Å². The lowest BCUT2D eigenvalue weighted by atomic mass is 9.99. The number of nitrogens with one attached hydrogen (secondary N) is 1. The second-order valence-electron chi connectivity index (χ2n) is 5.81. The molecule has 0 aromatic heterocycles. The van der Waals surface area contributed by atoms with Crippen LogP contribution in [-0.4, -0.2) is 13.7 Å². The van der Waals surface area contributed by atoms with E-state index in [0.29, 0.717) is 0 Å². The van der Waals surface area contributed by atoms with E-state index in [4.69, 9.17) is 4.74 Å². The Morgan fingerprint density at radius 2 is 1.36 bits per heavy atom. The normalized spacial score (nSPS) is 11.1. The lowest BCUT2D eigenvalue weighted by Gasteiger charge is -2.19. The molecule has 3 aromatic rings. The van der Waals surface area contributed by atoms with Crippen LogP contribution >= 0.6 is 0 Å². The number of ether oxygens (including phenoxy) is 1. The van der Waals surface area contributed by atoms with E-state index in [-0.39, 0.29) is 6.04 Å². The molecule has 1 N–H and O–H groups in total. The average Bonchev–Trinajstić information content (AvgIpc) is 2.69. The van der Waals surface area contributed by atoms with Crippen molar-refractivity contribution >= 4 is 6.08 Å². The highest BCUT2D eigenvalue weighted by molar-refractivity contribution is 5.57. The zero-order valence-corrected chi connectivity index (χ0v) is 14.4. The Labute approximate surface area is 149 Å². The van der Waals surface area contributed by atoms with Gasteiger partial charge in [0, 0.05) is 12.1 Å². The maximum atomic E-state index is 5.39. The minimum atomic E-state index is 0.171. The molecule has 126 valence electrons. The summed E-state index contributed by atoms with van der Waals surface area (Å²) in [6, 6.07) is 29.3. The summed E-state index contributed by atoms with van der Waals surface area (Å²) < 4.78 is 5.39. The van der Waals surface area contributed by atoms with Crippen LogP contribution in [0.1, 0.15) is 22.7 Å². The van der Waals surface area contributed by atoms with Gasteiger partial charge < -0.3 is 10.1 Å². The predicted octanol–water partition coefficient (Wildman–Crippen LogP) is 5.09. The Hall–Kier alpha value is -2.84.